The van der Waals surface area contributed by atoms with Gasteiger partial charge in [0.25, 0.3) is 0 Å². The van der Waals surface area contributed by atoms with Crippen LogP contribution in [-0.4, -0.2) is 31.9 Å². The number of halogens is 1. The van der Waals surface area contributed by atoms with Crippen LogP contribution in [0, 0.1) is 5.92 Å². The van der Waals surface area contributed by atoms with Crippen molar-refractivity contribution in [1.82, 2.24) is 4.31 Å². The number of benzene rings is 2. The van der Waals surface area contributed by atoms with Gasteiger partial charge in [-0.05, 0) is 48.4 Å². The lowest BCUT2D eigenvalue weighted by Gasteiger charge is -2.34. The third-order valence-corrected chi connectivity index (χ3v) is 7.13. The molecule has 1 aliphatic rings. The Morgan fingerprint density at radius 2 is 1.69 bits per heavy atom. The van der Waals surface area contributed by atoms with Crippen LogP contribution in [-0.2, 0) is 22.2 Å². The second kappa shape index (κ2) is 8.53. The lowest BCUT2D eigenvalue weighted by Crippen LogP contribution is -2.44. The molecule has 26 heavy (non-hydrogen) atoms. The van der Waals surface area contributed by atoms with E-state index in [4.69, 9.17) is 17.3 Å². The summed E-state index contributed by atoms with van der Waals surface area (Å²) in [5, 5.41) is 0.719. The molecular weight excluding hydrogens is 368 g/mol. The first-order valence-corrected chi connectivity index (χ1v) is 10.9. The molecule has 0 spiro atoms. The van der Waals surface area contributed by atoms with Gasteiger partial charge in [-0.15, -0.1) is 0 Å². The average Bonchev–Trinajstić information content (AvgIpc) is 2.62. The molecule has 1 atom stereocenters. The van der Waals surface area contributed by atoms with E-state index in [0.717, 1.165) is 35.4 Å². The maximum Gasteiger partial charge on any atom is 0.218 e. The van der Waals surface area contributed by atoms with E-state index < -0.39 is 10.0 Å². The van der Waals surface area contributed by atoms with Crippen molar-refractivity contribution in [3.05, 3.63) is 70.7 Å². The summed E-state index contributed by atoms with van der Waals surface area (Å²) in [5.74, 6) is 0.393. The minimum absolute atomic E-state index is 0.0208. The molecule has 2 N–H and O–H groups in total. The smallest absolute Gasteiger partial charge is 0.218 e. The van der Waals surface area contributed by atoms with Gasteiger partial charge in [-0.1, -0.05) is 54.1 Å². The van der Waals surface area contributed by atoms with Crippen LogP contribution in [0.2, 0.25) is 5.02 Å². The number of sulfonamides is 1. The largest absolute Gasteiger partial charge is 0.327 e. The Morgan fingerprint density at radius 1 is 1.04 bits per heavy atom. The Hall–Kier alpha value is -1.40. The fourth-order valence-electron chi connectivity index (χ4n) is 3.56. The van der Waals surface area contributed by atoms with E-state index in [0.29, 0.717) is 19.0 Å². The summed E-state index contributed by atoms with van der Waals surface area (Å²) in [6.07, 6.45) is 2.37. The zero-order chi connectivity index (χ0) is 18.6. The molecule has 1 unspecified atom stereocenters. The van der Waals surface area contributed by atoms with Crippen molar-refractivity contribution in [2.24, 2.45) is 11.7 Å². The van der Waals surface area contributed by atoms with Crippen LogP contribution in [0.25, 0.3) is 0 Å². The Bertz CT molecular complexity index is 819. The summed E-state index contributed by atoms with van der Waals surface area (Å²) >= 11 is 6.04. The first kappa shape index (κ1) is 19.4. The van der Waals surface area contributed by atoms with Crippen LogP contribution in [0.15, 0.2) is 54.6 Å². The SMILES string of the molecule is NC(Cc1cccc(Cl)c1)C1CCN(S(=O)(=O)Cc2ccccc2)CC1. The molecule has 0 saturated carbocycles. The maximum absolute atomic E-state index is 12.6. The van der Waals surface area contributed by atoms with Crippen molar-refractivity contribution >= 4 is 21.6 Å². The summed E-state index contributed by atoms with van der Waals surface area (Å²) in [6, 6.07) is 17.1. The summed E-state index contributed by atoms with van der Waals surface area (Å²) in [6.45, 7) is 1.09. The normalized spacial score (nSPS) is 17.9. The van der Waals surface area contributed by atoms with Gasteiger partial charge in [-0.3, -0.25) is 0 Å². The molecular formula is C20H25ClN2O2S. The molecule has 1 aliphatic heterocycles. The van der Waals surface area contributed by atoms with E-state index in [1.54, 1.807) is 4.31 Å². The van der Waals surface area contributed by atoms with E-state index in [9.17, 15) is 8.42 Å². The Balaban J connectivity index is 1.55. The molecule has 2 aromatic rings. The minimum Gasteiger partial charge on any atom is -0.327 e. The molecule has 1 saturated heterocycles. The van der Waals surface area contributed by atoms with Gasteiger partial charge in [0.05, 0.1) is 5.75 Å². The van der Waals surface area contributed by atoms with Gasteiger partial charge < -0.3 is 5.73 Å². The van der Waals surface area contributed by atoms with Gasteiger partial charge in [0, 0.05) is 24.2 Å². The molecule has 0 amide bonds. The first-order chi connectivity index (χ1) is 12.4. The van der Waals surface area contributed by atoms with Crippen LogP contribution in [0.4, 0.5) is 0 Å². The molecule has 6 heteroatoms. The van der Waals surface area contributed by atoms with E-state index in [-0.39, 0.29) is 11.8 Å². The molecule has 0 radical (unpaired) electrons. The number of hydrogen-bond acceptors (Lipinski definition) is 3. The number of nitrogens with zero attached hydrogens (tertiary/aromatic N) is 1. The second-order valence-electron chi connectivity index (χ2n) is 6.98. The standard InChI is InChI=1S/C20H25ClN2O2S/c21-19-8-4-7-17(13-19)14-20(22)18-9-11-23(12-10-18)26(24,25)15-16-5-2-1-3-6-16/h1-8,13,18,20H,9-12,14-15,22H2. The molecule has 0 aliphatic carbocycles. The molecule has 0 bridgehead atoms. The Morgan fingerprint density at radius 3 is 2.35 bits per heavy atom. The number of piperidine rings is 1. The molecule has 4 nitrogen and oxygen atoms in total. The monoisotopic (exact) mass is 392 g/mol. The van der Waals surface area contributed by atoms with Crippen LogP contribution < -0.4 is 5.73 Å². The molecule has 1 heterocycles. The first-order valence-electron chi connectivity index (χ1n) is 8.96. The topological polar surface area (TPSA) is 63.4 Å². The molecule has 0 aromatic heterocycles. The van der Waals surface area contributed by atoms with Crippen LogP contribution in [0.3, 0.4) is 0 Å². The fraction of sp³-hybridized carbons (Fsp3) is 0.400. The van der Waals surface area contributed by atoms with E-state index >= 15 is 0 Å². The number of nitrogens with two attached hydrogens (primary N) is 1. The quantitative estimate of drug-likeness (QED) is 0.818. The van der Waals surface area contributed by atoms with Crippen LogP contribution in [0.5, 0.6) is 0 Å². The highest BCUT2D eigenvalue weighted by molar-refractivity contribution is 7.88. The Kier molecular flexibility index (Phi) is 6.35. The fourth-order valence-corrected chi connectivity index (χ4v) is 5.34. The lowest BCUT2D eigenvalue weighted by molar-refractivity contribution is 0.243. The summed E-state index contributed by atoms with van der Waals surface area (Å²) in [5.41, 5.74) is 8.35. The summed E-state index contributed by atoms with van der Waals surface area (Å²) in [7, 11) is -3.27. The van der Waals surface area contributed by atoms with Crippen molar-refractivity contribution in [3.63, 3.8) is 0 Å². The molecule has 3 rings (SSSR count). The molecule has 2 aromatic carbocycles. The maximum atomic E-state index is 12.6. The van der Waals surface area contributed by atoms with Crippen molar-refractivity contribution in [2.45, 2.75) is 31.1 Å². The van der Waals surface area contributed by atoms with E-state index in [2.05, 4.69) is 0 Å². The van der Waals surface area contributed by atoms with Gasteiger partial charge in [0.2, 0.25) is 10.0 Å². The highest BCUT2D eigenvalue weighted by atomic mass is 35.5. The van der Waals surface area contributed by atoms with Crippen molar-refractivity contribution in [3.8, 4) is 0 Å². The third-order valence-electron chi connectivity index (χ3n) is 5.05. The molecule has 140 valence electrons. The van der Waals surface area contributed by atoms with Crippen LogP contribution in [0.1, 0.15) is 24.0 Å². The summed E-state index contributed by atoms with van der Waals surface area (Å²) in [4.78, 5) is 0. The number of rotatable bonds is 6. The zero-order valence-corrected chi connectivity index (χ0v) is 16.3. The predicted molar refractivity (Wildman–Crippen MR) is 106 cm³/mol. The van der Waals surface area contributed by atoms with Crippen molar-refractivity contribution in [2.75, 3.05) is 13.1 Å². The Labute approximate surface area is 161 Å². The third kappa shape index (κ3) is 5.07. The highest BCUT2D eigenvalue weighted by Gasteiger charge is 2.30. The molecule has 1 fully saturated rings. The lowest BCUT2D eigenvalue weighted by atomic mass is 9.87. The second-order valence-corrected chi connectivity index (χ2v) is 9.38. The van der Waals surface area contributed by atoms with Gasteiger partial charge in [-0.25, -0.2) is 12.7 Å². The van der Waals surface area contributed by atoms with Gasteiger partial charge in [0.15, 0.2) is 0 Å². The van der Waals surface area contributed by atoms with Gasteiger partial charge in [0.1, 0.15) is 0 Å². The average molecular weight is 393 g/mol. The minimum atomic E-state index is -3.27. The van der Waals surface area contributed by atoms with Crippen LogP contribution >= 0.6 is 11.6 Å². The van der Waals surface area contributed by atoms with Crippen molar-refractivity contribution < 1.29 is 8.42 Å². The van der Waals surface area contributed by atoms with Crippen molar-refractivity contribution in [1.29, 1.82) is 0 Å². The van der Waals surface area contributed by atoms with E-state index in [1.165, 1.54) is 0 Å². The van der Waals surface area contributed by atoms with E-state index in [1.807, 2.05) is 54.6 Å². The zero-order valence-electron chi connectivity index (χ0n) is 14.7. The summed E-state index contributed by atoms with van der Waals surface area (Å²) < 4.78 is 26.9. The van der Waals surface area contributed by atoms with Gasteiger partial charge >= 0.3 is 0 Å². The highest BCUT2D eigenvalue weighted by Crippen LogP contribution is 2.25. The number of hydrogen-bond donors (Lipinski definition) is 1. The van der Waals surface area contributed by atoms with Gasteiger partial charge in [-0.2, -0.15) is 0 Å². The predicted octanol–water partition coefficient (Wildman–Crippen LogP) is 3.45.